The summed E-state index contributed by atoms with van der Waals surface area (Å²) in [5, 5.41) is 7.67. The second kappa shape index (κ2) is 7.86. The van der Waals surface area contributed by atoms with E-state index in [4.69, 9.17) is 10.5 Å². The molecule has 2 aromatic heterocycles. The Labute approximate surface area is 153 Å². The maximum Gasteiger partial charge on any atom is 0.182 e. The fourth-order valence-electron chi connectivity index (χ4n) is 2.60. The van der Waals surface area contributed by atoms with Crippen molar-refractivity contribution in [3.05, 3.63) is 48.0 Å². The molecule has 3 rings (SSSR count). The fraction of sp³-hybridized carbons (Fsp3) is 0.316. The molecule has 1 aromatic carbocycles. The lowest BCUT2D eigenvalue weighted by Gasteiger charge is -2.12. The Morgan fingerprint density at radius 3 is 2.58 bits per heavy atom. The summed E-state index contributed by atoms with van der Waals surface area (Å²) >= 11 is 0. The van der Waals surface area contributed by atoms with E-state index in [1.54, 1.807) is 4.68 Å². The number of rotatable bonds is 7. The highest BCUT2D eigenvalue weighted by Crippen LogP contribution is 2.26. The van der Waals surface area contributed by atoms with E-state index >= 15 is 0 Å². The van der Waals surface area contributed by atoms with Crippen LogP contribution in [-0.2, 0) is 0 Å². The first-order chi connectivity index (χ1) is 12.6. The van der Waals surface area contributed by atoms with Crippen molar-refractivity contribution < 1.29 is 4.74 Å². The highest BCUT2D eigenvalue weighted by atomic mass is 16.5. The molecule has 0 spiro atoms. The van der Waals surface area contributed by atoms with E-state index in [9.17, 15) is 0 Å². The van der Waals surface area contributed by atoms with Gasteiger partial charge in [0.05, 0.1) is 12.3 Å². The molecular weight excluding hydrogens is 328 g/mol. The van der Waals surface area contributed by atoms with Crippen LogP contribution >= 0.6 is 0 Å². The average molecular weight is 352 g/mol. The van der Waals surface area contributed by atoms with E-state index in [0.29, 0.717) is 17.3 Å². The summed E-state index contributed by atoms with van der Waals surface area (Å²) in [5.74, 6) is 1.96. The normalized spacial score (nSPS) is 10.7. The first-order valence-electron chi connectivity index (χ1n) is 8.72. The lowest BCUT2D eigenvalue weighted by atomic mass is 10.3. The number of nitrogens with zero attached hydrogens (tertiary/aromatic N) is 4. The van der Waals surface area contributed by atoms with E-state index in [-0.39, 0.29) is 0 Å². The third-order valence-electron chi connectivity index (χ3n) is 3.96. The number of aromatic nitrogens is 4. The predicted molar refractivity (Wildman–Crippen MR) is 103 cm³/mol. The lowest BCUT2D eigenvalue weighted by Crippen LogP contribution is -2.09. The monoisotopic (exact) mass is 352 g/mol. The first kappa shape index (κ1) is 17.7. The summed E-state index contributed by atoms with van der Waals surface area (Å²) in [6.07, 6.45) is 3.64. The third-order valence-corrected chi connectivity index (χ3v) is 3.96. The van der Waals surface area contributed by atoms with Gasteiger partial charge in [0.25, 0.3) is 0 Å². The minimum absolute atomic E-state index is 0.446. The molecule has 0 unspecified atom stereocenters. The second-order valence-corrected chi connectivity index (χ2v) is 6.15. The molecule has 136 valence electrons. The van der Waals surface area contributed by atoms with Crippen LogP contribution in [-0.4, -0.2) is 26.4 Å². The maximum atomic E-state index is 6.28. The number of ether oxygens (including phenoxy) is 1. The molecule has 0 bridgehead atoms. The number of anilines is 3. The van der Waals surface area contributed by atoms with Gasteiger partial charge in [0, 0.05) is 11.4 Å². The first-order valence-corrected chi connectivity index (χ1v) is 8.72. The van der Waals surface area contributed by atoms with E-state index < -0.39 is 0 Å². The Kier molecular flexibility index (Phi) is 5.36. The zero-order valence-electron chi connectivity index (χ0n) is 15.4. The van der Waals surface area contributed by atoms with Crippen molar-refractivity contribution in [3.8, 4) is 11.6 Å². The summed E-state index contributed by atoms with van der Waals surface area (Å²) in [5.41, 5.74) is 9.47. The zero-order chi connectivity index (χ0) is 18.5. The SMILES string of the molecule is CCCCOc1ccc(Nc2ncnc(-n3nc(C)cc3C)c2N)cc1. The summed E-state index contributed by atoms with van der Waals surface area (Å²) in [6, 6.07) is 9.71. The van der Waals surface area contributed by atoms with Crippen molar-refractivity contribution >= 4 is 17.2 Å². The highest BCUT2D eigenvalue weighted by Gasteiger charge is 2.13. The summed E-state index contributed by atoms with van der Waals surface area (Å²) in [7, 11) is 0. The molecule has 2 heterocycles. The van der Waals surface area contributed by atoms with Crippen LogP contribution in [0.2, 0.25) is 0 Å². The van der Waals surface area contributed by atoms with Crippen LogP contribution in [0.15, 0.2) is 36.7 Å². The van der Waals surface area contributed by atoms with Crippen LogP contribution < -0.4 is 15.8 Å². The Hall–Kier alpha value is -3.09. The second-order valence-electron chi connectivity index (χ2n) is 6.15. The predicted octanol–water partition coefficient (Wildman–Crippen LogP) is 3.78. The number of nitrogen functional groups attached to an aromatic ring is 1. The van der Waals surface area contributed by atoms with Crippen LogP contribution in [0.4, 0.5) is 17.2 Å². The summed E-state index contributed by atoms with van der Waals surface area (Å²) in [4.78, 5) is 8.54. The standard InChI is InChI=1S/C19H24N6O/c1-4-5-10-26-16-8-6-15(7-9-16)23-18-17(20)19(22-12-21-18)25-14(3)11-13(2)24-25/h6-9,11-12H,4-5,10,20H2,1-3H3,(H,21,22,23). The van der Waals surface area contributed by atoms with Gasteiger partial charge in [-0.1, -0.05) is 13.3 Å². The van der Waals surface area contributed by atoms with Crippen molar-refractivity contribution in [2.75, 3.05) is 17.7 Å². The number of hydrogen-bond donors (Lipinski definition) is 2. The van der Waals surface area contributed by atoms with Crippen LogP contribution in [0.3, 0.4) is 0 Å². The molecular formula is C19H24N6O. The van der Waals surface area contributed by atoms with Crippen LogP contribution in [0, 0.1) is 13.8 Å². The minimum atomic E-state index is 0.446. The zero-order valence-corrected chi connectivity index (χ0v) is 15.4. The van der Waals surface area contributed by atoms with Crippen LogP contribution in [0.5, 0.6) is 5.75 Å². The molecule has 3 aromatic rings. The Morgan fingerprint density at radius 2 is 1.92 bits per heavy atom. The number of unbranched alkanes of at least 4 members (excludes halogenated alkanes) is 1. The molecule has 0 aliphatic carbocycles. The number of nitrogens with one attached hydrogen (secondary N) is 1. The van der Waals surface area contributed by atoms with E-state index in [1.807, 2.05) is 44.2 Å². The number of nitrogens with two attached hydrogens (primary N) is 1. The highest BCUT2D eigenvalue weighted by molar-refractivity contribution is 5.74. The molecule has 7 heteroatoms. The van der Waals surface area contributed by atoms with Gasteiger partial charge in [0.2, 0.25) is 0 Å². The van der Waals surface area contributed by atoms with Gasteiger partial charge in [0.1, 0.15) is 17.8 Å². The molecule has 0 radical (unpaired) electrons. The molecule has 0 amide bonds. The van der Waals surface area contributed by atoms with Crippen molar-refractivity contribution in [3.63, 3.8) is 0 Å². The van der Waals surface area contributed by atoms with Gasteiger partial charge in [-0.2, -0.15) is 5.10 Å². The quantitative estimate of drug-likeness (QED) is 0.629. The molecule has 3 N–H and O–H groups in total. The summed E-state index contributed by atoms with van der Waals surface area (Å²) in [6.45, 7) is 6.77. The molecule has 26 heavy (non-hydrogen) atoms. The number of benzene rings is 1. The molecule has 0 aliphatic rings. The molecule has 0 atom stereocenters. The van der Waals surface area contributed by atoms with Gasteiger partial charge < -0.3 is 15.8 Å². The topological polar surface area (TPSA) is 90.9 Å². The third kappa shape index (κ3) is 3.93. The van der Waals surface area contributed by atoms with E-state index in [0.717, 1.165) is 42.3 Å². The average Bonchev–Trinajstić information content (AvgIpc) is 2.96. The van der Waals surface area contributed by atoms with Gasteiger partial charge in [-0.15, -0.1) is 0 Å². The molecule has 0 saturated carbocycles. The smallest absolute Gasteiger partial charge is 0.182 e. The van der Waals surface area contributed by atoms with Gasteiger partial charge in [-0.25, -0.2) is 14.6 Å². The largest absolute Gasteiger partial charge is 0.494 e. The molecule has 0 aliphatic heterocycles. The van der Waals surface area contributed by atoms with Gasteiger partial charge in [-0.3, -0.25) is 0 Å². The van der Waals surface area contributed by atoms with Gasteiger partial charge in [-0.05, 0) is 50.6 Å². The molecule has 0 saturated heterocycles. The van der Waals surface area contributed by atoms with Gasteiger partial charge >= 0.3 is 0 Å². The Morgan fingerprint density at radius 1 is 1.15 bits per heavy atom. The summed E-state index contributed by atoms with van der Waals surface area (Å²) < 4.78 is 7.40. The molecule has 0 fully saturated rings. The van der Waals surface area contributed by atoms with E-state index in [2.05, 4.69) is 27.3 Å². The van der Waals surface area contributed by atoms with Crippen LogP contribution in [0.1, 0.15) is 31.2 Å². The number of hydrogen-bond acceptors (Lipinski definition) is 6. The lowest BCUT2D eigenvalue weighted by molar-refractivity contribution is 0.309. The maximum absolute atomic E-state index is 6.28. The van der Waals surface area contributed by atoms with Crippen LogP contribution in [0.25, 0.3) is 5.82 Å². The number of aryl methyl sites for hydroxylation is 2. The van der Waals surface area contributed by atoms with E-state index in [1.165, 1.54) is 6.33 Å². The molecule has 7 nitrogen and oxygen atoms in total. The van der Waals surface area contributed by atoms with Crippen molar-refractivity contribution in [2.45, 2.75) is 33.6 Å². The Balaban J connectivity index is 1.78. The fourth-order valence-corrected chi connectivity index (χ4v) is 2.60. The van der Waals surface area contributed by atoms with Crippen molar-refractivity contribution in [1.82, 2.24) is 19.7 Å². The van der Waals surface area contributed by atoms with Crippen molar-refractivity contribution in [1.29, 1.82) is 0 Å². The van der Waals surface area contributed by atoms with Crippen molar-refractivity contribution in [2.24, 2.45) is 0 Å². The van der Waals surface area contributed by atoms with Gasteiger partial charge in [0.15, 0.2) is 11.6 Å². The minimum Gasteiger partial charge on any atom is -0.494 e. The Bertz CT molecular complexity index is 872.